The highest BCUT2D eigenvalue weighted by Gasteiger charge is 2.15. The third-order valence-corrected chi connectivity index (χ3v) is 5.89. The van der Waals surface area contributed by atoms with Gasteiger partial charge in [0.2, 0.25) is 11.9 Å². The number of Topliss-reactive ketones (excluding diaryl/α,β-unsaturated/α-hetero) is 1. The maximum atomic E-state index is 12.3. The zero-order chi connectivity index (χ0) is 21.3. The van der Waals surface area contributed by atoms with Crippen molar-refractivity contribution in [2.45, 2.75) is 43.6 Å². The minimum Gasteiger partial charge on any atom is -0.295 e. The minimum absolute atomic E-state index is 0.0402. The number of rotatable bonds is 10. The fourth-order valence-electron chi connectivity index (χ4n) is 2.90. The van der Waals surface area contributed by atoms with Gasteiger partial charge in [-0.25, -0.2) is 0 Å². The summed E-state index contributed by atoms with van der Waals surface area (Å²) in [6.07, 6.45) is 1.06. The molecule has 0 atom stereocenters. The maximum Gasteiger partial charge on any atom is 0.231 e. The zero-order valence-corrected chi connectivity index (χ0v) is 18.2. The van der Waals surface area contributed by atoms with Crippen molar-refractivity contribution >= 4 is 41.0 Å². The van der Waals surface area contributed by atoms with Crippen LogP contribution in [0.5, 0.6) is 0 Å². The van der Waals surface area contributed by atoms with Crippen LogP contribution in [0.1, 0.15) is 42.1 Å². The topological polar surface area (TPSA) is 76.9 Å². The summed E-state index contributed by atoms with van der Waals surface area (Å²) in [4.78, 5) is 24.4. The third kappa shape index (κ3) is 5.93. The number of nitrogens with one attached hydrogen (secondary N) is 1. The predicted molar refractivity (Wildman–Crippen MR) is 120 cm³/mol. The Bertz CT molecular complexity index is 1010. The van der Waals surface area contributed by atoms with Crippen molar-refractivity contribution in [1.82, 2.24) is 14.8 Å². The molecule has 1 aromatic heterocycles. The Morgan fingerprint density at radius 2 is 1.77 bits per heavy atom. The molecule has 0 aliphatic heterocycles. The van der Waals surface area contributed by atoms with Gasteiger partial charge >= 0.3 is 0 Å². The first-order valence-electron chi connectivity index (χ1n) is 9.76. The number of thioether (sulfide) groups is 1. The lowest BCUT2D eigenvalue weighted by atomic mass is 10.1. The molecule has 0 saturated heterocycles. The van der Waals surface area contributed by atoms with Crippen LogP contribution in [0.3, 0.4) is 0 Å². The van der Waals surface area contributed by atoms with Gasteiger partial charge in [0, 0.05) is 35.7 Å². The van der Waals surface area contributed by atoms with Crippen LogP contribution in [-0.4, -0.2) is 26.5 Å². The highest BCUT2D eigenvalue weighted by Crippen LogP contribution is 2.27. The Morgan fingerprint density at radius 1 is 1.03 bits per heavy atom. The number of benzene rings is 2. The van der Waals surface area contributed by atoms with Gasteiger partial charge in [0.05, 0.1) is 0 Å². The monoisotopic (exact) mass is 442 g/mol. The molecular weight excluding hydrogens is 420 g/mol. The second-order valence-corrected chi connectivity index (χ2v) is 7.97. The number of ketones is 1. The summed E-state index contributed by atoms with van der Waals surface area (Å²) in [6, 6.07) is 16.8. The van der Waals surface area contributed by atoms with Crippen LogP contribution < -0.4 is 5.32 Å². The Hall–Kier alpha value is -2.64. The molecule has 0 bridgehead atoms. The average Bonchev–Trinajstić information content (AvgIpc) is 3.15. The fourth-order valence-corrected chi connectivity index (χ4v) is 4.18. The summed E-state index contributed by atoms with van der Waals surface area (Å²) in [5.74, 6) is 0.936. The molecule has 0 saturated carbocycles. The molecule has 0 aliphatic rings. The van der Waals surface area contributed by atoms with E-state index in [1.54, 1.807) is 12.1 Å². The lowest BCUT2D eigenvalue weighted by molar-refractivity contribution is -0.116. The van der Waals surface area contributed by atoms with Gasteiger partial charge in [-0.2, -0.15) is 0 Å². The summed E-state index contributed by atoms with van der Waals surface area (Å²) < 4.78 is 1.86. The zero-order valence-electron chi connectivity index (χ0n) is 16.7. The van der Waals surface area contributed by atoms with Gasteiger partial charge in [-0.3, -0.25) is 19.5 Å². The number of halogens is 1. The Morgan fingerprint density at radius 3 is 2.50 bits per heavy atom. The first kappa shape index (κ1) is 22.1. The number of hydrogen-bond acceptors (Lipinski definition) is 5. The molecule has 156 valence electrons. The first-order chi connectivity index (χ1) is 14.6. The van der Waals surface area contributed by atoms with Crippen molar-refractivity contribution in [3.05, 3.63) is 70.7 Å². The lowest BCUT2D eigenvalue weighted by Gasteiger charge is -2.09. The maximum absolute atomic E-state index is 12.3. The SMILES string of the molecule is CCn1c(NC(=O)CCCC(=O)c2ccccc2)nnc1SCc1ccccc1Cl. The van der Waals surface area contributed by atoms with Crippen LogP contribution in [0.25, 0.3) is 0 Å². The molecule has 0 unspecified atom stereocenters. The van der Waals surface area contributed by atoms with Crippen molar-refractivity contribution in [1.29, 1.82) is 0 Å². The molecule has 0 spiro atoms. The number of carbonyl (C=O) groups is 2. The molecular formula is C22H23ClN4O2S. The number of hydrogen-bond donors (Lipinski definition) is 1. The van der Waals surface area contributed by atoms with E-state index < -0.39 is 0 Å². The summed E-state index contributed by atoms with van der Waals surface area (Å²) in [5, 5.41) is 12.5. The smallest absolute Gasteiger partial charge is 0.231 e. The van der Waals surface area contributed by atoms with Crippen LogP contribution >= 0.6 is 23.4 Å². The van der Waals surface area contributed by atoms with Crippen LogP contribution in [0, 0.1) is 0 Å². The Kier molecular flexibility index (Phi) is 8.04. The lowest BCUT2D eigenvalue weighted by Crippen LogP contribution is -2.16. The minimum atomic E-state index is -0.180. The number of carbonyl (C=O) groups excluding carboxylic acids is 2. The molecule has 30 heavy (non-hydrogen) atoms. The van der Waals surface area contributed by atoms with E-state index in [9.17, 15) is 9.59 Å². The largest absolute Gasteiger partial charge is 0.295 e. The van der Waals surface area contributed by atoms with Gasteiger partial charge in [0.15, 0.2) is 10.9 Å². The highest BCUT2D eigenvalue weighted by atomic mass is 35.5. The molecule has 1 N–H and O–H groups in total. The van der Waals surface area contributed by atoms with Crippen molar-refractivity contribution in [3.8, 4) is 0 Å². The van der Waals surface area contributed by atoms with Gasteiger partial charge in [0.25, 0.3) is 0 Å². The molecule has 1 amide bonds. The van der Waals surface area contributed by atoms with Gasteiger partial charge in [-0.05, 0) is 25.0 Å². The Labute approximate surface area is 185 Å². The van der Waals surface area contributed by atoms with Crippen molar-refractivity contribution in [3.63, 3.8) is 0 Å². The molecule has 1 heterocycles. The number of aromatic nitrogens is 3. The number of anilines is 1. The van der Waals surface area contributed by atoms with Crippen molar-refractivity contribution in [2.24, 2.45) is 0 Å². The predicted octanol–water partition coefficient (Wildman–Crippen LogP) is 5.24. The summed E-state index contributed by atoms with van der Waals surface area (Å²) >= 11 is 7.73. The van der Waals surface area contributed by atoms with E-state index in [4.69, 9.17) is 11.6 Å². The van der Waals surface area contributed by atoms with Gasteiger partial charge < -0.3 is 0 Å². The summed E-state index contributed by atoms with van der Waals surface area (Å²) in [6.45, 7) is 2.59. The van der Waals surface area contributed by atoms with E-state index >= 15 is 0 Å². The molecule has 0 aliphatic carbocycles. The Balaban J connectivity index is 1.51. The van der Waals surface area contributed by atoms with Crippen LogP contribution in [0.4, 0.5) is 5.95 Å². The van der Waals surface area contributed by atoms with Crippen molar-refractivity contribution < 1.29 is 9.59 Å². The normalized spacial score (nSPS) is 10.7. The van der Waals surface area contributed by atoms with Crippen LogP contribution in [0.2, 0.25) is 5.02 Å². The average molecular weight is 443 g/mol. The molecule has 0 fully saturated rings. The molecule has 0 radical (unpaired) electrons. The molecule has 6 nitrogen and oxygen atoms in total. The summed E-state index contributed by atoms with van der Waals surface area (Å²) in [7, 11) is 0. The first-order valence-corrected chi connectivity index (χ1v) is 11.1. The standard InChI is InChI=1S/C22H23ClN4O2S/c1-2-27-21(25-26-22(27)30-15-17-11-6-7-12-18(17)23)24-20(29)14-8-13-19(28)16-9-4-3-5-10-16/h3-7,9-12H,2,8,13-15H2,1H3,(H,24,25,29). The fraction of sp³-hybridized carbons (Fsp3) is 0.273. The summed E-state index contributed by atoms with van der Waals surface area (Å²) in [5.41, 5.74) is 1.69. The highest BCUT2D eigenvalue weighted by molar-refractivity contribution is 7.98. The van der Waals surface area contributed by atoms with Gasteiger partial charge in [0.1, 0.15) is 0 Å². The third-order valence-electron chi connectivity index (χ3n) is 4.50. The van der Waals surface area contributed by atoms with Gasteiger partial charge in [-0.15, -0.1) is 10.2 Å². The second-order valence-electron chi connectivity index (χ2n) is 6.62. The van der Waals surface area contributed by atoms with Crippen LogP contribution in [0.15, 0.2) is 59.8 Å². The number of nitrogens with zero attached hydrogens (tertiary/aromatic N) is 3. The van der Waals surface area contributed by atoms with E-state index in [1.807, 2.05) is 54.0 Å². The molecule has 3 rings (SSSR count). The van der Waals surface area contributed by atoms with E-state index in [-0.39, 0.29) is 18.1 Å². The molecule has 3 aromatic rings. The molecule has 2 aromatic carbocycles. The van der Waals surface area contributed by atoms with Crippen LogP contribution in [-0.2, 0) is 17.1 Å². The number of amides is 1. The van der Waals surface area contributed by atoms with Gasteiger partial charge in [-0.1, -0.05) is 71.9 Å². The van der Waals surface area contributed by atoms with Crippen molar-refractivity contribution in [2.75, 3.05) is 5.32 Å². The second kappa shape index (κ2) is 10.9. The molecule has 8 heteroatoms. The van der Waals surface area contributed by atoms with E-state index in [2.05, 4.69) is 15.5 Å². The quantitative estimate of drug-likeness (QED) is 0.343. The van der Waals surface area contributed by atoms with E-state index in [0.29, 0.717) is 46.8 Å². The van der Waals surface area contributed by atoms with E-state index in [0.717, 1.165) is 5.56 Å². The van der Waals surface area contributed by atoms with E-state index in [1.165, 1.54) is 11.8 Å².